The summed E-state index contributed by atoms with van der Waals surface area (Å²) < 4.78 is 0. The van der Waals surface area contributed by atoms with Crippen molar-refractivity contribution in [2.75, 3.05) is 18.0 Å². The molecule has 148 valence electrons. The second-order valence-corrected chi connectivity index (χ2v) is 8.62. The number of carbonyl (C=O) groups excluding carboxylic acids is 1. The summed E-state index contributed by atoms with van der Waals surface area (Å²) in [7, 11) is 0. The average Bonchev–Trinajstić information content (AvgIpc) is 3.24. The molecule has 2 atom stereocenters. The molecule has 6 nitrogen and oxygen atoms in total. The smallest absolute Gasteiger partial charge is 0.268 e. The molecule has 2 aromatic rings. The van der Waals surface area contributed by atoms with Crippen LogP contribution in [0.15, 0.2) is 18.2 Å². The van der Waals surface area contributed by atoms with Crippen LogP contribution in [0.2, 0.25) is 10.0 Å². The van der Waals surface area contributed by atoms with Crippen LogP contribution in [-0.4, -0.2) is 35.0 Å². The number of halogens is 2. The minimum Gasteiger partial charge on any atom is -0.364 e. The van der Waals surface area contributed by atoms with Crippen LogP contribution in [0.4, 0.5) is 5.95 Å². The topological polar surface area (TPSA) is 98.1 Å². The molecule has 4 N–H and O–H groups in total. The maximum atomic E-state index is 12.2. The van der Waals surface area contributed by atoms with Gasteiger partial charge in [-0.2, -0.15) is 0 Å². The molecule has 0 radical (unpaired) electrons. The van der Waals surface area contributed by atoms with Gasteiger partial charge in [0.25, 0.3) is 5.91 Å². The first-order valence-electron chi connectivity index (χ1n) is 9.46. The molecule has 1 spiro atoms. The van der Waals surface area contributed by atoms with Gasteiger partial charge in [-0.1, -0.05) is 41.8 Å². The van der Waals surface area contributed by atoms with Crippen LogP contribution in [0.5, 0.6) is 0 Å². The number of nitrogens with zero attached hydrogens (tertiary/aromatic N) is 3. The van der Waals surface area contributed by atoms with Gasteiger partial charge in [-0.25, -0.2) is 9.97 Å². The highest BCUT2D eigenvalue weighted by molar-refractivity contribution is 6.43. The van der Waals surface area contributed by atoms with Crippen LogP contribution in [-0.2, 0) is 0 Å². The number of anilines is 1. The zero-order valence-electron chi connectivity index (χ0n) is 15.7. The number of carbonyl (C=O) groups is 1. The van der Waals surface area contributed by atoms with Crippen LogP contribution in [0, 0.1) is 12.3 Å². The Morgan fingerprint density at radius 1 is 1.29 bits per heavy atom. The van der Waals surface area contributed by atoms with Crippen LogP contribution >= 0.6 is 23.2 Å². The maximum Gasteiger partial charge on any atom is 0.268 e. The largest absolute Gasteiger partial charge is 0.364 e. The zero-order chi connectivity index (χ0) is 20.1. The van der Waals surface area contributed by atoms with Crippen LogP contribution in [0.25, 0.3) is 11.1 Å². The fourth-order valence-electron chi connectivity index (χ4n) is 4.64. The summed E-state index contributed by atoms with van der Waals surface area (Å²) in [6.45, 7) is 3.46. The first-order chi connectivity index (χ1) is 13.3. The summed E-state index contributed by atoms with van der Waals surface area (Å²) in [5.41, 5.74) is 14.1. The molecule has 1 unspecified atom stereocenters. The SMILES string of the molecule is Cc1nc(N2CCC3(CCC[C@@H]3N)C2)nc(C(N)=O)c1-c1cccc(Cl)c1Cl. The van der Waals surface area contributed by atoms with E-state index in [9.17, 15) is 4.79 Å². The summed E-state index contributed by atoms with van der Waals surface area (Å²) in [6.07, 6.45) is 4.37. The minimum absolute atomic E-state index is 0.124. The Balaban J connectivity index is 1.76. The van der Waals surface area contributed by atoms with E-state index in [0.29, 0.717) is 32.8 Å². The Morgan fingerprint density at radius 3 is 2.75 bits per heavy atom. The average molecular weight is 420 g/mol. The summed E-state index contributed by atoms with van der Waals surface area (Å²) in [4.78, 5) is 23.6. The number of nitrogens with two attached hydrogens (primary N) is 2. The standard InChI is InChI=1S/C20H23Cl2N5O/c1-11-15(12-4-2-5-13(21)16(12)22)17(18(24)28)26-19(25-11)27-9-8-20(10-27)7-3-6-14(20)23/h2,4-5,14H,3,6-10,23H2,1H3,(H2,24,28)/t14-,20?/m0/s1. The predicted molar refractivity (Wildman–Crippen MR) is 112 cm³/mol. The van der Waals surface area contributed by atoms with Gasteiger partial charge in [-0.15, -0.1) is 0 Å². The van der Waals surface area contributed by atoms with E-state index in [1.807, 2.05) is 6.92 Å². The lowest BCUT2D eigenvalue weighted by atomic mass is 9.82. The van der Waals surface area contributed by atoms with Gasteiger partial charge in [0.05, 0.1) is 15.7 Å². The summed E-state index contributed by atoms with van der Waals surface area (Å²) in [5.74, 6) is -0.103. The molecule has 2 aliphatic rings. The molecule has 4 rings (SSSR count). The summed E-state index contributed by atoms with van der Waals surface area (Å²) in [6, 6.07) is 5.46. The Kier molecular flexibility index (Phi) is 4.98. The predicted octanol–water partition coefficient (Wildman–Crippen LogP) is 3.57. The monoisotopic (exact) mass is 419 g/mol. The molecule has 1 amide bonds. The van der Waals surface area contributed by atoms with E-state index in [4.69, 9.17) is 34.7 Å². The quantitative estimate of drug-likeness (QED) is 0.791. The maximum absolute atomic E-state index is 12.2. The molecule has 2 heterocycles. The number of hydrogen-bond acceptors (Lipinski definition) is 5. The Morgan fingerprint density at radius 2 is 2.07 bits per heavy atom. The van der Waals surface area contributed by atoms with E-state index in [1.54, 1.807) is 18.2 Å². The third-order valence-electron chi connectivity index (χ3n) is 6.18. The van der Waals surface area contributed by atoms with E-state index >= 15 is 0 Å². The first-order valence-corrected chi connectivity index (χ1v) is 10.2. The molecule has 0 bridgehead atoms. The number of amides is 1. The van der Waals surface area contributed by atoms with E-state index in [-0.39, 0.29) is 17.2 Å². The highest BCUT2D eigenvalue weighted by Crippen LogP contribution is 2.45. The molecule has 1 aromatic heterocycles. The Bertz CT molecular complexity index is 950. The van der Waals surface area contributed by atoms with Crippen molar-refractivity contribution in [3.8, 4) is 11.1 Å². The fourth-order valence-corrected chi connectivity index (χ4v) is 5.03. The number of primary amides is 1. The van der Waals surface area contributed by atoms with Crippen LogP contribution in [0.3, 0.4) is 0 Å². The number of benzene rings is 1. The van der Waals surface area contributed by atoms with Gasteiger partial charge < -0.3 is 16.4 Å². The molecule has 1 aromatic carbocycles. The number of aryl methyl sites for hydroxylation is 1. The second kappa shape index (κ2) is 7.17. The zero-order valence-corrected chi connectivity index (χ0v) is 17.2. The van der Waals surface area contributed by atoms with Crippen molar-refractivity contribution in [2.45, 2.75) is 38.6 Å². The van der Waals surface area contributed by atoms with Gasteiger partial charge in [-0.3, -0.25) is 4.79 Å². The highest BCUT2D eigenvalue weighted by Gasteiger charge is 2.46. The van der Waals surface area contributed by atoms with Crippen molar-refractivity contribution >= 4 is 35.1 Å². The number of hydrogen-bond donors (Lipinski definition) is 2. The van der Waals surface area contributed by atoms with Crippen molar-refractivity contribution in [1.29, 1.82) is 0 Å². The van der Waals surface area contributed by atoms with E-state index in [2.05, 4.69) is 14.9 Å². The van der Waals surface area contributed by atoms with E-state index in [1.165, 1.54) is 0 Å². The molecule has 1 saturated carbocycles. The first kappa shape index (κ1) is 19.4. The molecule has 1 saturated heterocycles. The second-order valence-electron chi connectivity index (χ2n) is 7.83. The van der Waals surface area contributed by atoms with Gasteiger partial charge >= 0.3 is 0 Å². The van der Waals surface area contributed by atoms with Gasteiger partial charge in [0, 0.05) is 35.7 Å². The van der Waals surface area contributed by atoms with Crippen molar-refractivity contribution in [3.05, 3.63) is 39.6 Å². The molecule has 2 fully saturated rings. The molecule has 1 aliphatic carbocycles. The van der Waals surface area contributed by atoms with Crippen molar-refractivity contribution in [3.63, 3.8) is 0 Å². The third-order valence-corrected chi connectivity index (χ3v) is 7.00. The van der Waals surface area contributed by atoms with Crippen LogP contribution in [0.1, 0.15) is 41.9 Å². The van der Waals surface area contributed by atoms with Gasteiger partial charge in [-0.05, 0) is 32.3 Å². The molecular formula is C20H23Cl2N5O. The number of rotatable bonds is 3. The van der Waals surface area contributed by atoms with Gasteiger partial charge in [0.1, 0.15) is 5.69 Å². The minimum atomic E-state index is -0.621. The lowest BCUT2D eigenvalue weighted by molar-refractivity contribution is 0.0996. The Labute approximate surface area is 174 Å². The molecule has 28 heavy (non-hydrogen) atoms. The molecule has 1 aliphatic heterocycles. The molecular weight excluding hydrogens is 397 g/mol. The van der Waals surface area contributed by atoms with Gasteiger partial charge in [0.2, 0.25) is 5.95 Å². The van der Waals surface area contributed by atoms with Crippen molar-refractivity contribution in [2.24, 2.45) is 16.9 Å². The van der Waals surface area contributed by atoms with Crippen molar-refractivity contribution < 1.29 is 4.79 Å². The van der Waals surface area contributed by atoms with Crippen molar-refractivity contribution in [1.82, 2.24) is 9.97 Å². The van der Waals surface area contributed by atoms with E-state index < -0.39 is 5.91 Å². The lowest BCUT2D eigenvalue weighted by Crippen LogP contribution is -2.39. The Hall–Kier alpha value is -1.89. The summed E-state index contributed by atoms with van der Waals surface area (Å²) >= 11 is 12.5. The molecule has 8 heteroatoms. The fraction of sp³-hybridized carbons (Fsp3) is 0.450. The summed E-state index contributed by atoms with van der Waals surface area (Å²) in [5, 5.41) is 0.748. The normalized spacial score (nSPS) is 24.3. The van der Waals surface area contributed by atoms with E-state index in [0.717, 1.165) is 38.8 Å². The highest BCUT2D eigenvalue weighted by atomic mass is 35.5. The lowest BCUT2D eigenvalue weighted by Gasteiger charge is -2.28. The third kappa shape index (κ3) is 3.13. The van der Waals surface area contributed by atoms with Crippen LogP contribution < -0.4 is 16.4 Å². The number of aromatic nitrogens is 2. The van der Waals surface area contributed by atoms with Gasteiger partial charge in [0.15, 0.2) is 0 Å².